The lowest BCUT2D eigenvalue weighted by molar-refractivity contribution is 0.102. The van der Waals surface area contributed by atoms with Crippen LogP contribution in [-0.2, 0) is 6.54 Å². The molecule has 0 saturated heterocycles. The van der Waals surface area contributed by atoms with Crippen LogP contribution in [0.25, 0.3) is 0 Å². The van der Waals surface area contributed by atoms with E-state index in [1.807, 2.05) is 0 Å². The number of hydrogen-bond donors (Lipinski definition) is 1. The first-order chi connectivity index (χ1) is 12.4. The summed E-state index contributed by atoms with van der Waals surface area (Å²) in [6.45, 7) is -0.109. The number of pyridine rings is 1. The number of aromatic nitrogens is 1. The van der Waals surface area contributed by atoms with E-state index < -0.39 is 23.1 Å². The molecule has 3 aromatic rings. The third kappa shape index (κ3) is 3.97. The smallest absolute Gasteiger partial charge is 0.257 e. The molecule has 2 aromatic carbocycles. The van der Waals surface area contributed by atoms with Gasteiger partial charge in [-0.2, -0.15) is 0 Å². The van der Waals surface area contributed by atoms with Crippen LogP contribution < -0.4 is 10.9 Å². The molecule has 0 bridgehead atoms. The van der Waals surface area contributed by atoms with Crippen molar-refractivity contribution in [1.82, 2.24) is 4.57 Å². The summed E-state index contributed by atoms with van der Waals surface area (Å²) in [5, 5.41) is 2.79. The third-order valence-electron chi connectivity index (χ3n) is 3.74. The fraction of sp³-hybridized carbons (Fsp3) is 0.0526. The van der Waals surface area contributed by atoms with E-state index in [1.54, 1.807) is 0 Å². The van der Waals surface area contributed by atoms with E-state index in [1.165, 1.54) is 65.4 Å². The summed E-state index contributed by atoms with van der Waals surface area (Å²) in [7, 11) is 0. The molecule has 0 saturated carbocycles. The summed E-state index contributed by atoms with van der Waals surface area (Å²) in [4.78, 5) is 24.4. The number of hydrogen-bond acceptors (Lipinski definition) is 2. The number of anilines is 1. The van der Waals surface area contributed by atoms with Crippen molar-refractivity contribution in [2.75, 3.05) is 5.32 Å². The Morgan fingerprint density at radius 1 is 1.04 bits per heavy atom. The van der Waals surface area contributed by atoms with Gasteiger partial charge in [-0.15, -0.1) is 0 Å². The first kappa shape index (κ1) is 17.8. The van der Waals surface area contributed by atoms with Gasteiger partial charge in [0.15, 0.2) is 0 Å². The van der Waals surface area contributed by atoms with Crippen molar-refractivity contribution in [2.24, 2.45) is 0 Å². The van der Waals surface area contributed by atoms with Crippen molar-refractivity contribution in [2.45, 2.75) is 6.54 Å². The van der Waals surface area contributed by atoms with E-state index in [-0.39, 0.29) is 22.7 Å². The minimum atomic E-state index is -0.537. The van der Waals surface area contributed by atoms with E-state index in [4.69, 9.17) is 11.6 Å². The van der Waals surface area contributed by atoms with Gasteiger partial charge in [-0.1, -0.05) is 17.7 Å². The summed E-state index contributed by atoms with van der Waals surface area (Å²) in [5.41, 5.74) is 0.364. The summed E-state index contributed by atoms with van der Waals surface area (Å²) in [6, 6.07) is 12.1. The van der Waals surface area contributed by atoms with Crippen LogP contribution in [0.5, 0.6) is 0 Å². The highest BCUT2D eigenvalue weighted by Crippen LogP contribution is 2.19. The highest BCUT2D eigenvalue weighted by molar-refractivity contribution is 6.31. The number of carbonyl (C=O) groups excluding carboxylic acids is 1. The topological polar surface area (TPSA) is 51.1 Å². The van der Waals surface area contributed by atoms with E-state index in [2.05, 4.69) is 5.32 Å². The molecule has 0 aliphatic heterocycles. The molecule has 1 heterocycles. The van der Waals surface area contributed by atoms with Crippen molar-refractivity contribution >= 4 is 23.2 Å². The molecule has 0 atom stereocenters. The average molecular weight is 375 g/mol. The predicted molar refractivity (Wildman–Crippen MR) is 95.6 cm³/mol. The molecule has 1 aromatic heterocycles. The first-order valence-electron chi connectivity index (χ1n) is 7.64. The molecule has 3 rings (SSSR count). The monoisotopic (exact) mass is 374 g/mol. The predicted octanol–water partition coefficient (Wildman–Crippen LogP) is 4.08. The van der Waals surface area contributed by atoms with E-state index in [9.17, 15) is 18.4 Å². The van der Waals surface area contributed by atoms with E-state index in [0.29, 0.717) is 5.69 Å². The van der Waals surface area contributed by atoms with Gasteiger partial charge >= 0.3 is 0 Å². The number of halogens is 3. The van der Waals surface area contributed by atoms with Crippen molar-refractivity contribution in [3.8, 4) is 0 Å². The van der Waals surface area contributed by atoms with Crippen LogP contribution in [0.4, 0.5) is 14.5 Å². The number of nitrogens with zero attached hydrogens (tertiary/aromatic N) is 1. The first-order valence-corrected chi connectivity index (χ1v) is 8.02. The summed E-state index contributed by atoms with van der Waals surface area (Å²) in [5.74, 6) is -1.44. The zero-order valence-electron chi connectivity index (χ0n) is 13.4. The Morgan fingerprint density at radius 2 is 1.77 bits per heavy atom. The summed E-state index contributed by atoms with van der Waals surface area (Å²) in [6.07, 6.45) is 1.32. The van der Waals surface area contributed by atoms with Crippen LogP contribution in [0.2, 0.25) is 5.02 Å². The lowest BCUT2D eigenvalue weighted by atomic mass is 10.2. The quantitative estimate of drug-likeness (QED) is 0.748. The van der Waals surface area contributed by atoms with Gasteiger partial charge in [0.05, 0.1) is 12.1 Å². The van der Waals surface area contributed by atoms with Crippen molar-refractivity contribution in [1.29, 1.82) is 0 Å². The maximum absolute atomic E-state index is 13.9. The Morgan fingerprint density at radius 3 is 2.46 bits per heavy atom. The van der Waals surface area contributed by atoms with Gasteiger partial charge in [0, 0.05) is 28.5 Å². The second-order valence-electron chi connectivity index (χ2n) is 5.55. The summed E-state index contributed by atoms with van der Waals surface area (Å²) >= 11 is 5.99. The lowest BCUT2D eigenvalue weighted by Crippen LogP contribution is -2.23. The number of rotatable bonds is 4. The number of benzene rings is 2. The zero-order valence-corrected chi connectivity index (χ0v) is 14.1. The molecule has 132 valence electrons. The molecule has 4 nitrogen and oxygen atoms in total. The van der Waals surface area contributed by atoms with Gasteiger partial charge in [0.1, 0.15) is 11.6 Å². The molecular formula is C19H13ClF2N2O2. The van der Waals surface area contributed by atoms with Gasteiger partial charge in [-0.25, -0.2) is 8.78 Å². The minimum Gasteiger partial charge on any atom is -0.322 e. The van der Waals surface area contributed by atoms with Gasteiger partial charge in [-0.05, 0) is 42.5 Å². The Balaban J connectivity index is 1.86. The Bertz CT molecular complexity index is 997. The van der Waals surface area contributed by atoms with Gasteiger partial charge < -0.3 is 9.88 Å². The zero-order chi connectivity index (χ0) is 18.7. The second kappa shape index (κ2) is 7.49. The molecular weight excluding hydrogens is 362 g/mol. The SMILES string of the molecule is O=C(Nc1ccc(F)cc1)c1ccc(=O)n(Cc2c(F)cccc2Cl)c1. The molecule has 26 heavy (non-hydrogen) atoms. The van der Waals surface area contributed by atoms with Gasteiger partial charge in [0.25, 0.3) is 11.5 Å². The Labute approximate surface area is 152 Å². The lowest BCUT2D eigenvalue weighted by Gasteiger charge is -2.11. The fourth-order valence-electron chi connectivity index (χ4n) is 2.38. The van der Waals surface area contributed by atoms with Crippen molar-refractivity contribution in [3.05, 3.63) is 98.9 Å². The maximum Gasteiger partial charge on any atom is 0.257 e. The molecule has 0 aliphatic rings. The summed E-state index contributed by atoms with van der Waals surface area (Å²) < 4.78 is 28.1. The van der Waals surface area contributed by atoms with Gasteiger partial charge in [-0.3, -0.25) is 9.59 Å². The standard InChI is InChI=1S/C19H13ClF2N2O2/c20-16-2-1-3-17(22)15(16)11-24-10-12(4-9-18(24)25)19(26)23-14-7-5-13(21)6-8-14/h1-10H,11H2,(H,23,26). The highest BCUT2D eigenvalue weighted by atomic mass is 35.5. The normalized spacial score (nSPS) is 10.6. The molecule has 0 fully saturated rings. The Kier molecular flexibility index (Phi) is 5.14. The maximum atomic E-state index is 13.9. The van der Waals surface area contributed by atoms with Crippen LogP contribution in [0, 0.1) is 11.6 Å². The number of carbonyl (C=O) groups is 1. The largest absolute Gasteiger partial charge is 0.322 e. The van der Waals surface area contributed by atoms with Crippen molar-refractivity contribution < 1.29 is 13.6 Å². The number of amides is 1. The fourth-order valence-corrected chi connectivity index (χ4v) is 2.60. The average Bonchev–Trinajstić information content (AvgIpc) is 2.61. The molecule has 0 aliphatic carbocycles. The molecule has 0 unspecified atom stereocenters. The molecule has 7 heteroatoms. The highest BCUT2D eigenvalue weighted by Gasteiger charge is 2.12. The molecule has 0 spiro atoms. The molecule has 1 amide bonds. The minimum absolute atomic E-state index is 0.109. The molecule has 0 radical (unpaired) electrons. The van der Waals surface area contributed by atoms with E-state index in [0.717, 1.165) is 0 Å². The van der Waals surface area contributed by atoms with Crippen molar-refractivity contribution in [3.63, 3.8) is 0 Å². The van der Waals surface area contributed by atoms with Crippen LogP contribution in [0.3, 0.4) is 0 Å². The van der Waals surface area contributed by atoms with Gasteiger partial charge in [0.2, 0.25) is 0 Å². The number of nitrogens with one attached hydrogen (secondary N) is 1. The van der Waals surface area contributed by atoms with Crippen LogP contribution >= 0.6 is 11.6 Å². The van der Waals surface area contributed by atoms with Crippen LogP contribution in [0.15, 0.2) is 65.6 Å². The second-order valence-corrected chi connectivity index (χ2v) is 5.95. The van der Waals surface area contributed by atoms with Crippen LogP contribution in [0.1, 0.15) is 15.9 Å². The van der Waals surface area contributed by atoms with Crippen LogP contribution in [-0.4, -0.2) is 10.5 Å². The molecule has 1 N–H and O–H groups in total. The third-order valence-corrected chi connectivity index (χ3v) is 4.09. The Hall–Kier alpha value is -2.99. The van der Waals surface area contributed by atoms with E-state index >= 15 is 0 Å².